The number of rotatable bonds is 4. The molecule has 0 radical (unpaired) electrons. The van der Waals surface area contributed by atoms with Crippen LogP contribution in [0.5, 0.6) is 0 Å². The Morgan fingerprint density at radius 3 is 2.78 bits per heavy atom. The van der Waals surface area contributed by atoms with Gasteiger partial charge in [-0.1, -0.05) is 37.6 Å². The number of aryl methyl sites for hydroxylation is 2. The van der Waals surface area contributed by atoms with E-state index in [-0.39, 0.29) is 0 Å². The molecular formula is C15H20N2O. The Morgan fingerprint density at radius 2 is 2.17 bits per heavy atom. The molecule has 1 N–H and O–H groups in total. The smallest absolute Gasteiger partial charge is 0.107 e. The summed E-state index contributed by atoms with van der Waals surface area (Å²) in [5.41, 5.74) is 4.10. The van der Waals surface area contributed by atoms with Crippen LogP contribution >= 0.6 is 0 Å². The zero-order chi connectivity index (χ0) is 13.1. The molecule has 18 heavy (non-hydrogen) atoms. The van der Waals surface area contributed by atoms with Gasteiger partial charge in [0.05, 0.1) is 6.20 Å². The predicted molar refractivity (Wildman–Crippen MR) is 72.4 cm³/mol. The molecule has 1 aromatic carbocycles. The van der Waals surface area contributed by atoms with Gasteiger partial charge in [0, 0.05) is 18.3 Å². The molecule has 1 heterocycles. The molecule has 0 bridgehead atoms. The lowest BCUT2D eigenvalue weighted by Gasteiger charge is -2.12. The van der Waals surface area contributed by atoms with E-state index >= 15 is 0 Å². The third kappa shape index (κ3) is 2.46. The number of aliphatic hydroxyl groups excluding tert-OH is 1. The Morgan fingerprint density at radius 1 is 1.39 bits per heavy atom. The Hall–Kier alpha value is -1.61. The van der Waals surface area contributed by atoms with Crippen LogP contribution in [-0.2, 0) is 13.5 Å². The van der Waals surface area contributed by atoms with Gasteiger partial charge in [-0.3, -0.25) is 4.68 Å². The van der Waals surface area contributed by atoms with Crippen LogP contribution < -0.4 is 0 Å². The summed E-state index contributed by atoms with van der Waals surface area (Å²) < 4.78 is 1.79. The molecule has 0 aliphatic heterocycles. The summed E-state index contributed by atoms with van der Waals surface area (Å²) in [7, 11) is 1.89. The maximum atomic E-state index is 10.4. The van der Waals surface area contributed by atoms with Gasteiger partial charge < -0.3 is 5.11 Å². The molecule has 0 aliphatic rings. The van der Waals surface area contributed by atoms with Crippen LogP contribution in [0, 0.1) is 6.92 Å². The topological polar surface area (TPSA) is 38.1 Å². The molecular weight excluding hydrogens is 224 g/mol. The maximum Gasteiger partial charge on any atom is 0.107 e. The molecule has 0 spiro atoms. The zero-order valence-electron chi connectivity index (χ0n) is 11.2. The fourth-order valence-corrected chi connectivity index (χ4v) is 2.17. The Labute approximate surface area is 108 Å². The highest BCUT2D eigenvalue weighted by Gasteiger charge is 2.15. The third-order valence-electron chi connectivity index (χ3n) is 3.37. The second-order valence-electron chi connectivity index (χ2n) is 4.71. The van der Waals surface area contributed by atoms with Gasteiger partial charge in [-0.05, 0) is 24.5 Å². The highest BCUT2D eigenvalue weighted by atomic mass is 16.3. The normalized spacial score (nSPS) is 12.7. The number of benzene rings is 1. The lowest BCUT2D eigenvalue weighted by molar-refractivity contribution is 0.219. The summed E-state index contributed by atoms with van der Waals surface area (Å²) in [6, 6.07) is 8.17. The highest BCUT2D eigenvalue weighted by molar-refractivity contribution is 5.33. The summed E-state index contributed by atoms with van der Waals surface area (Å²) in [5.74, 6) is 0. The molecule has 1 aromatic heterocycles. The van der Waals surface area contributed by atoms with Crippen molar-refractivity contribution in [2.75, 3.05) is 0 Å². The molecule has 1 unspecified atom stereocenters. The average Bonchev–Trinajstić information content (AvgIpc) is 2.70. The van der Waals surface area contributed by atoms with E-state index in [2.05, 4.69) is 24.2 Å². The minimum Gasteiger partial charge on any atom is -0.384 e. The van der Waals surface area contributed by atoms with E-state index < -0.39 is 6.10 Å². The van der Waals surface area contributed by atoms with Crippen molar-refractivity contribution in [3.05, 3.63) is 52.8 Å². The molecule has 96 valence electrons. The van der Waals surface area contributed by atoms with Crippen LogP contribution in [0.4, 0.5) is 0 Å². The minimum absolute atomic E-state index is 0.587. The van der Waals surface area contributed by atoms with Gasteiger partial charge in [-0.2, -0.15) is 5.10 Å². The summed E-state index contributed by atoms with van der Waals surface area (Å²) in [5, 5.41) is 14.6. The Kier molecular flexibility index (Phi) is 3.82. The molecule has 0 amide bonds. The predicted octanol–water partition coefficient (Wildman–Crippen LogP) is 2.76. The van der Waals surface area contributed by atoms with E-state index in [1.807, 2.05) is 26.1 Å². The summed E-state index contributed by atoms with van der Waals surface area (Å²) in [4.78, 5) is 0. The van der Waals surface area contributed by atoms with Crippen molar-refractivity contribution in [3.63, 3.8) is 0 Å². The van der Waals surface area contributed by atoms with E-state index in [4.69, 9.17) is 0 Å². The molecule has 3 heteroatoms. The van der Waals surface area contributed by atoms with Crippen LogP contribution in [-0.4, -0.2) is 14.9 Å². The first-order valence-electron chi connectivity index (χ1n) is 6.39. The second kappa shape index (κ2) is 5.36. The first-order chi connectivity index (χ1) is 8.63. The maximum absolute atomic E-state index is 10.4. The SMILES string of the molecule is CCCc1cccc(C(O)c2cnn(C)c2C)c1. The van der Waals surface area contributed by atoms with Gasteiger partial charge in [0.2, 0.25) is 0 Å². The molecule has 0 aliphatic carbocycles. The molecule has 0 saturated carbocycles. The molecule has 3 nitrogen and oxygen atoms in total. The van der Waals surface area contributed by atoms with Gasteiger partial charge in [-0.25, -0.2) is 0 Å². The molecule has 2 rings (SSSR count). The van der Waals surface area contributed by atoms with Crippen molar-refractivity contribution in [3.8, 4) is 0 Å². The van der Waals surface area contributed by atoms with E-state index in [1.54, 1.807) is 10.9 Å². The van der Waals surface area contributed by atoms with Gasteiger partial charge in [0.15, 0.2) is 0 Å². The van der Waals surface area contributed by atoms with Crippen molar-refractivity contribution in [2.24, 2.45) is 7.05 Å². The van der Waals surface area contributed by atoms with Crippen molar-refractivity contribution < 1.29 is 5.11 Å². The number of aromatic nitrogens is 2. The van der Waals surface area contributed by atoms with Crippen LogP contribution in [0.1, 0.15) is 41.8 Å². The lowest BCUT2D eigenvalue weighted by Crippen LogP contribution is -2.02. The van der Waals surface area contributed by atoms with Crippen molar-refractivity contribution in [2.45, 2.75) is 32.8 Å². The monoisotopic (exact) mass is 244 g/mol. The van der Waals surface area contributed by atoms with Gasteiger partial charge in [-0.15, -0.1) is 0 Å². The van der Waals surface area contributed by atoms with E-state index in [1.165, 1.54) is 5.56 Å². The van der Waals surface area contributed by atoms with Crippen LogP contribution in [0.3, 0.4) is 0 Å². The highest BCUT2D eigenvalue weighted by Crippen LogP contribution is 2.25. The first kappa shape index (κ1) is 12.8. The van der Waals surface area contributed by atoms with E-state index in [0.717, 1.165) is 29.7 Å². The Balaban J connectivity index is 2.30. The van der Waals surface area contributed by atoms with Crippen molar-refractivity contribution in [1.29, 1.82) is 0 Å². The molecule has 2 aromatic rings. The van der Waals surface area contributed by atoms with E-state index in [0.29, 0.717) is 0 Å². The molecule has 1 atom stereocenters. The van der Waals surface area contributed by atoms with Gasteiger partial charge in [0.25, 0.3) is 0 Å². The summed E-state index contributed by atoms with van der Waals surface area (Å²) in [6.07, 6.45) is 3.32. The fraction of sp³-hybridized carbons (Fsp3) is 0.400. The average molecular weight is 244 g/mol. The minimum atomic E-state index is -0.587. The standard InChI is InChI=1S/C15H20N2O/c1-4-6-12-7-5-8-13(9-12)15(18)14-10-16-17(3)11(14)2/h5,7-10,15,18H,4,6H2,1-3H3. The first-order valence-corrected chi connectivity index (χ1v) is 6.39. The van der Waals surface area contributed by atoms with Crippen molar-refractivity contribution >= 4 is 0 Å². The third-order valence-corrected chi connectivity index (χ3v) is 3.37. The quantitative estimate of drug-likeness (QED) is 0.898. The van der Waals surface area contributed by atoms with Crippen LogP contribution in [0.25, 0.3) is 0 Å². The van der Waals surface area contributed by atoms with Crippen LogP contribution in [0.2, 0.25) is 0 Å². The zero-order valence-corrected chi connectivity index (χ0v) is 11.2. The Bertz CT molecular complexity index is 531. The van der Waals surface area contributed by atoms with E-state index in [9.17, 15) is 5.11 Å². The number of hydrogen-bond acceptors (Lipinski definition) is 2. The van der Waals surface area contributed by atoms with Gasteiger partial charge in [0.1, 0.15) is 6.10 Å². The van der Waals surface area contributed by atoms with Gasteiger partial charge >= 0.3 is 0 Å². The van der Waals surface area contributed by atoms with Crippen molar-refractivity contribution in [1.82, 2.24) is 9.78 Å². The van der Waals surface area contributed by atoms with Crippen LogP contribution in [0.15, 0.2) is 30.5 Å². The number of aliphatic hydroxyl groups is 1. The number of hydrogen-bond donors (Lipinski definition) is 1. The fourth-order valence-electron chi connectivity index (χ4n) is 2.17. The largest absolute Gasteiger partial charge is 0.384 e. The summed E-state index contributed by atoms with van der Waals surface area (Å²) in [6.45, 7) is 4.13. The molecule has 0 fully saturated rings. The second-order valence-corrected chi connectivity index (χ2v) is 4.71. The lowest BCUT2D eigenvalue weighted by atomic mass is 9.99. The molecule has 0 saturated heterocycles. The number of nitrogens with zero attached hydrogens (tertiary/aromatic N) is 2. The summed E-state index contributed by atoms with van der Waals surface area (Å²) >= 11 is 0.